The van der Waals surface area contributed by atoms with E-state index in [4.69, 9.17) is 14.6 Å². The molecular formula is C13H15NO5S2. The Bertz CT molecular complexity index is 702. The van der Waals surface area contributed by atoms with Crippen LogP contribution in [0.2, 0.25) is 0 Å². The van der Waals surface area contributed by atoms with Crippen molar-refractivity contribution < 1.29 is 23.0 Å². The van der Waals surface area contributed by atoms with E-state index in [-0.39, 0.29) is 11.5 Å². The van der Waals surface area contributed by atoms with Crippen molar-refractivity contribution in [3.8, 4) is 11.5 Å². The van der Waals surface area contributed by atoms with Crippen LogP contribution < -0.4 is 14.2 Å². The molecule has 0 bridgehead atoms. The molecule has 1 aromatic carbocycles. The first-order chi connectivity index (χ1) is 9.98. The van der Waals surface area contributed by atoms with Gasteiger partial charge in [-0.1, -0.05) is 0 Å². The van der Waals surface area contributed by atoms with Crippen LogP contribution in [0.4, 0.5) is 5.69 Å². The molecule has 21 heavy (non-hydrogen) atoms. The number of ether oxygens (including phenoxy) is 2. The number of benzene rings is 1. The van der Waals surface area contributed by atoms with Gasteiger partial charge in [0.1, 0.15) is 11.5 Å². The van der Waals surface area contributed by atoms with Gasteiger partial charge in [0.15, 0.2) is 0 Å². The first-order valence-corrected chi connectivity index (χ1v) is 8.29. The molecule has 0 atom stereocenters. The van der Waals surface area contributed by atoms with E-state index in [1.54, 1.807) is 18.2 Å². The highest BCUT2D eigenvalue weighted by Gasteiger charge is 2.17. The van der Waals surface area contributed by atoms with Crippen molar-refractivity contribution in [1.29, 1.82) is 0 Å². The van der Waals surface area contributed by atoms with Gasteiger partial charge in [-0.3, -0.25) is 4.72 Å². The summed E-state index contributed by atoms with van der Waals surface area (Å²) < 4.78 is 37.2. The molecule has 0 saturated carbocycles. The first kappa shape index (κ1) is 15.6. The number of aliphatic hydroxyl groups excluding tert-OH is 1. The van der Waals surface area contributed by atoms with Crippen LogP contribution in [-0.4, -0.2) is 27.7 Å². The van der Waals surface area contributed by atoms with Crippen LogP contribution in [0.3, 0.4) is 0 Å². The lowest BCUT2D eigenvalue weighted by Crippen LogP contribution is -2.12. The average molecular weight is 329 g/mol. The third kappa shape index (κ3) is 3.66. The quantitative estimate of drug-likeness (QED) is 0.847. The van der Waals surface area contributed by atoms with E-state index in [1.165, 1.54) is 37.0 Å². The second kappa shape index (κ2) is 6.33. The third-order valence-electron chi connectivity index (χ3n) is 2.70. The van der Waals surface area contributed by atoms with E-state index in [2.05, 4.69) is 4.72 Å². The molecule has 0 saturated heterocycles. The van der Waals surface area contributed by atoms with Gasteiger partial charge in [0.05, 0.1) is 31.4 Å². The number of sulfonamides is 1. The maximum atomic E-state index is 12.3. The van der Waals surface area contributed by atoms with Crippen molar-refractivity contribution in [2.45, 2.75) is 11.5 Å². The van der Waals surface area contributed by atoms with E-state index in [9.17, 15) is 8.42 Å². The fourth-order valence-electron chi connectivity index (χ4n) is 1.66. The monoisotopic (exact) mass is 329 g/mol. The molecule has 2 rings (SSSR count). The molecule has 0 radical (unpaired) electrons. The van der Waals surface area contributed by atoms with Crippen molar-refractivity contribution in [2.75, 3.05) is 18.9 Å². The molecule has 0 fully saturated rings. The fraction of sp³-hybridized carbons (Fsp3) is 0.231. The number of nitrogens with one attached hydrogen (secondary N) is 1. The molecule has 6 nitrogen and oxygen atoms in total. The zero-order valence-corrected chi connectivity index (χ0v) is 13.1. The Morgan fingerprint density at radius 3 is 2.24 bits per heavy atom. The lowest BCUT2D eigenvalue weighted by molar-refractivity contribution is 0.285. The summed E-state index contributed by atoms with van der Waals surface area (Å²) in [4.78, 5) is 0.692. The van der Waals surface area contributed by atoms with Crippen molar-refractivity contribution in [3.63, 3.8) is 0 Å². The third-order valence-corrected chi connectivity index (χ3v) is 5.13. The number of hydrogen-bond acceptors (Lipinski definition) is 6. The molecule has 1 aromatic heterocycles. The zero-order valence-electron chi connectivity index (χ0n) is 11.5. The number of thiophene rings is 1. The second-order valence-corrected chi connectivity index (χ2v) is 6.79. The van der Waals surface area contributed by atoms with Crippen LogP contribution in [0.5, 0.6) is 11.5 Å². The van der Waals surface area contributed by atoms with Crippen molar-refractivity contribution in [1.82, 2.24) is 0 Å². The van der Waals surface area contributed by atoms with Gasteiger partial charge in [-0.15, -0.1) is 11.3 Å². The van der Waals surface area contributed by atoms with E-state index >= 15 is 0 Å². The van der Waals surface area contributed by atoms with Gasteiger partial charge >= 0.3 is 0 Å². The summed E-state index contributed by atoms with van der Waals surface area (Å²) in [5, 5.41) is 10.5. The number of hydrogen-bond donors (Lipinski definition) is 2. The summed E-state index contributed by atoms with van der Waals surface area (Å²) in [6, 6.07) is 6.19. The minimum atomic E-state index is -3.71. The average Bonchev–Trinajstić information content (AvgIpc) is 2.96. The first-order valence-electron chi connectivity index (χ1n) is 5.92. The summed E-state index contributed by atoms with van der Waals surface area (Å²) in [5.74, 6) is 0.960. The minimum Gasteiger partial charge on any atom is -0.497 e. The molecule has 1 heterocycles. The van der Waals surface area contributed by atoms with Crippen LogP contribution >= 0.6 is 11.3 Å². The van der Waals surface area contributed by atoms with Gasteiger partial charge in [0.25, 0.3) is 10.0 Å². The van der Waals surface area contributed by atoms with Crippen LogP contribution in [0, 0.1) is 0 Å². The highest BCUT2D eigenvalue weighted by molar-refractivity contribution is 7.92. The van der Waals surface area contributed by atoms with Crippen LogP contribution in [0.25, 0.3) is 0 Å². The molecule has 0 aliphatic heterocycles. The maximum Gasteiger partial charge on any atom is 0.262 e. The number of aliphatic hydroxyl groups is 1. The van der Waals surface area contributed by atoms with Gasteiger partial charge in [-0.25, -0.2) is 8.42 Å². The molecule has 114 valence electrons. The van der Waals surface area contributed by atoms with Gasteiger partial charge in [-0.05, 0) is 6.07 Å². The number of anilines is 1. The smallest absolute Gasteiger partial charge is 0.262 e. The molecule has 0 spiro atoms. The number of rotatable bonds is 6. The fourth-order valence-corrected chi connectivity index (χ4v) is 3.84. The topological polar surface area (TPSA) is 84.9 Å². The summed E-state index contributed by atoms with van der Waals surface area (Å²) in [5.41, 5.74) is 0.336. The Hall–Kier alpha value is -1.77. The van der Waals surface area contributed by atoms with Crippen molar-refractivity contribution in [2.24, 2.45) is 0 Å². The standard InChI is InChI=1S/C13H15NO5S2/c1-18-10-3-9(4-11(5-10)19-2)14-21(16,17)13-6-12(7-15)20-8-13/h3-6,8,14-15H,7H2,1-2H3. The largest absolute Gasteiger partial charge is 0.497 e. The second-order valence-electron chi connectivity index (χ2n) is 4.11. The Balaban J connectivity index is 2.31. The van der Waals surface area contributed by atoms with E-state index in [1.807, 2.05) is 0 Å². The lowest BCUT2D eigenvalue weighted by Gasteiger charge is -2.10. The molecule has 0 aliphatic rings. The van der Waals surface area contributed by atoms with Crippen LogP contribution in [0.15, 0.2) is 34.5 Å². The van der Waals surface area contributed by atoms with E-state index < -0.39 is 10.0 Å². The van der Waals surface area contributed by atoms with Crippen LogP contribution in [-0.2, 0) is 16.6 Å². The molecular weight excluding hydrogens is 314 g/mol. The predicted octanol–water partition coefficient (Wildman–Crippen LogP) is 2.06. The van der Waals surface area contributed by atoms with Crippen molar-refractivity contribution in [3.05, 3.63) is 34.5 Å². The van der Waals surface area contributed by atoms with Gasteiger partial charge < -0.3 is 14.6 Å². The summed E-state index contributed by atoms with van der Waals surface area (Å²) in [6.45, 7) is -0.187. The molecule has 0 unspecified atom stereocenters. The lowest BCUT2D eigenvalue weighted by atomic mass is 10.3. The molecule has 0 aliphatic carbocycles. The Morgan fingerprint density at radius 2 is 1.76 bits per heavy atom. The Morgan fingerprint density at radius 1 is 1.14 bits per heavy atom. The van der Waals surface area contributed by atoms with Crippen molar-refractivity contribution >= 4 is 27.0 Å². The molecule has 8 heteroatoms. The van der Waals surface area contributed by atoms with E-state index in [0.29, 0.717) is 22.1 Å². The van der Waals surface area contributed by atoms with Crippen LogP contribution in [0.1, 0.15) is 4.88 Å². The zero-order chi connectivity index (χ0) is 15.5. The van der Waals surface area contributed by atoms with E-state index in [0.717, 1.165) is 0 Å². The summed E-state index contributed by atoms with van der Waals surface area (Å²) >= 11 is 1.18. The van der Waals surface area contributed by atoms with Gasteiger partial charge in [0, 0.05) is 28.5 Å². The van der Waals surface area contributed by atoms with Gasteiger partial charge in [-0.2, -0.15) is 0 Å². The molecule has 2 aromatic rings. The van der Waals surface area contributed by atoms with Gasteiger partial charge in [0.2, 0.25) is 0 Å². The summed E-state index contributed by atoms with van der Waals surface area (Å²) in [6.07, 6.45) is 0. The minimum absolute atomic E-state index is 0.110. The summed E-state index contributed by atoms with van der Waals surface area (Å²) in [7, 11) is -0.743. The number of methoxy groups -OCH3 is 2. The molecule has 2 N–H and O–H groups in total. The Labute approximate surface area is 127 Å². The highest BCUT2D eigenvalue weighted by Crippen LogP contribution is 2.28. The predicted molar refractivity (Wildman–Crippen MR) is 80.6 cm³/mol. The SMILES string of the molecule is COc1cc(NS(=O)(=O)c2csc(CO)c2)cc(OC)c1. The Kier molecular flexibility index (Phi) is 4.71. The highest BCUT2D eigenvalue weighted by atomic mass is 32.2. The molecule has 0 amide bonds. The maximum absolute atomic E-state index is 12.3. The normalized spacial score (nSPS) is 11.2.